The van der Waals surface area contributed by atoms with E-state index in [-0.39, 0.29) is 0 Å². The zero-order valence-corrected chi connectivity index (χ0v) is 10.7. The molecule has 0 saturated heterocycles. The van der Waals surface area contributed by atoms with Crippen molar-refractivity contribution in [1.82, 2.24) is 9.88 Å². The lowest BCUT2D eigenvalue weighted by Crippen LogP contribution is -2.21. The summed E-state index contributed by atoms with van der Waals surface area (Å²) in [5, 5.41) is 3.02. The summed E-state index contributed by atoms with van der Waals surface area (Å²) in [7, 11) is 2.08. The first kappa shape index (κ1) is 12.3. The smallest absolute Gasteiger partial charge is 0.162 e. The Morgan fingerprint density at radius 1 is 1.53 bits per heavy atom. The number of hydrogen-bond acceptors (Lipinski definition) is 5. The van der Waals surface area contributed by atoms with Crippen molar-refractivity contribution in [2.75, 3.05) is 20.1 Å². The molecule has 0 spiro atoms. The third kappa shape index (κ3) is 3.39. The number of thiazole rings is 1. The van der Waals surface area contributed by atoms with E-state index in [9.17, 15) is 0 Å². The number of hydrogen-bond donors (Lipinski definition) is 1. The maximum Gasteiger partial charge on any atom is 0.162 e. The Kier molecular flexibility index (Phi) is 4.30. The van der Waals surface area contributed by atoms with Gasteiger partial charge in [0.1, 0.15) is 0 Å². The summed E-state index contributed by atoms with van der Waals surface area (Å²) in [5.41, 5.74) is 6.57. The monoisotopic (exact) mass is 251 g/mol. The topological polar surface area (TPSA) is 55.3 Å². The second kappa shape index (κ2) is 5.95. The molecule has 2 heterocycles. The van der Waals surface area contributed by atoms with E-state index in [2.05, 4.69) is 22.3 Å². The predicted octanol–water partition coefficient (Wildman–Crippen LogP) is 2.18. The predicted molar refractivity (Wildman–Crippen MR) is 69.8 cm³/mol. The molecule has 0 saturated carbocycles. The maximum atomic E-state index is 5.49. The third-order valence-electron chi connectivity index (χ3n) is 2.46. The van der Waals surface area contributed by atoms with E-state index < -0.39 is 0 Å². The normalized spacial score (nSPS) is 11.2. The van der Waals surface area contributed by atoms with Gasteiger partial charge in [-0.05, 0) is 38.7 Å². The van der Waals surface area contributed by atoms with Crippen molar-refractivity contribution in [3.8, 4) is 10.8 Å². The van der Waals surface area contributed by atoms with Crippen molar-refractivity contribution >= 4 is 11.3 Å². The van der Waals surface area contributed by atoms with Crippen LogP contribution in [-0.2, 0) is 6.54 Å². The Hall–Kier alpha value is -1.17. The first-order valence-corrected chi connectivity index (χ1v) is 6.54. The minimum Gasteiger partial charge on any atom is -0.462 e. The van der Waals surface area contributed by atoms with Gasteiger partial charge in [0.05, 0.1) is 12.0 Å². The number of furan rings is 1. The zero-order chi connectivity index (χ0) is 12.1. The lowest BCUT2D eigenvalue weighted by Gasteiger charge is -2.13. The van der Waals surface area contributed by atoms with Gasteiger partial charge in [0.25, 0.3) is 0 Å². The molecule has 0 aliphatic rings. The molecular weight excluding hydrogens is 234 g/mol. The summed E-state index contributed by atoms with van der Waals surface area (Å²) >= 11 is 1.62. The Bertz CT molecular complexity index is 438. The Balaban J connectivity index is 1.94. The van der Waals surface area contributed by atoms with Crippen molar-refractivity contribution in [2.45, 2.75) is 13.0 Å². The highest BCUT2D eigenvalue weighted by Gasteiger charge is 2.08. The van der Waals surface area contributed by atoms with Crippen molar-refractivity contribution in [2.24, 2.45) is 5.73 Å². The lowest BCUT2D eigenvalue weighted by molar-refractivity contribution is 0.321. The van der Waals surface area contributed by atoms with Gasteiger partial charge in [-0.3, -0.25) is 0 Å². The van der Waals surface area contributed by atoms with E-state index in [0.717, 1.165) is 42.5 Å². The van der Waals surface area contributed by atoms with E-state index in [4.69, 9.17) is 10.2 Å². The van der Waals surface area contributed by atoms with Crippen LogP contribution in [0.3, 0.4) is 0 Å². The number of nitrogens with zero attached hydrogens (tertiary/aromatic N) is 2. The van der Waals surface area contributed by atoms with Crippen molar-refractivity contribution in [1.29, 1.82) is 0 Å². The Morgan fingerprint density at radius 3 is 3.12 bits per heavy atom. The van der Waals surface area contributed by atoms with Crippen LogP contribution in [0.2, 0.25) is 0 Å². The van der Waals surface area contributed by atoms with Crippen LogP contribution in [0.4, 0.5) is 0 Å². The van der Waals surface area contributed by atoms with Crippen molar-refractivity contribution < 1.29 is 4.42 Å². The van der Waals surface area contributed by atoms with Crippen LogP contribution >= 0.6 is 11.3 Å². The van der Waals surface area contributed by atoms with Crippen LogP contribution in [0.1, 0.15) is 12.1 Å². The van der Waals surface area contributed by atoms with Gasteiger partial charge in [-0.2, -0.15) is 0 Å². The highest BCUT2D eigenvalue weighted by atomic mass is 32.1. The van der Waals surface area contributed by atoms with Crippen LogP contribution in [0.5, 0.6) is 0 Å². The molecule has 0 fully saturated rings. The summed E-state index contributed by atoms with van der Waals surface area (Å²) in [6, 6.07) is 3.81. The fourth-order valence-electron chi connectivity index (χ4n) is 1.61. The quantitative estimate of drug-likeness (QED) is 0.855. The van der Waals surface area contributed by atoms with Gasteiger partial charge in [-0.15, -0.1) is 11.3 Å². The van der Waals surface area contributed by atoms with E-state index in [0.29, 0.717) is 0 Å². The Labute approximate surface area is 105 Å². The lowest BCUT2D eigenvalue weighted by atomic mass is 10.3. The number of nitrogens with two attached hydrogens (primary N) is 1. The van der Waals surface area contributed by atoms with Crippen LogP contribution in [0.15, 0.2) is 28.2 Å². The van der Waals surface area contributed by atoms with Gasteiger partial charge in [0.15, 0.2) is 10.8 Å². The molecule has 2 aromatic rings. The highest BCUT2D eigenvalue weighted by Crippen LogP contribution is 2.24. The largest absolute Gasteiger partial charge is 0.462 e. The average Bonchev–Trinajstić information content (AvgIpc) is 2.95. The molecule has 2 N–H and O–H groups in total. The minimum absolute atomic E-state index is 0.735. The molecule has 0 aliphatic carbocycles. The van der Waals surface area contributed by atoms with Crippen molar-refractivity contribution in [3.05, 3.63) is 29.5 Å². The van der Waals surface area contributed by atoms with E-state index in [1.807, 2.05) is 12.1 Å². The summed E-state index contributed by atoms with van der Waals surface area (Å²) in [6.45, 7) is 2.60. The summed E-state index contributed by atoms with van der Waals surface area (Å²) in [6.07, 6.45) is 2.69. The molecule has 0 radical (unpaired) electrons. The first-order chi connectivity index (χ1) is 8.29. The molecule has 4 nitrogen and oxygen atoms in total. The molecule has 2 rings (SSSR count). The van der Waals surface area contributed by atoms with Crippen molar-refractivity contribution in [3.63, 3.8) is 0 Å². The first-order valence-electron chi connectivity index (χ1n) is 5.66. The fraction of sp³-hybridized carbons (Fsp3) is 0.417. The van der Waals surface area contributed by atoms with Gasteiger partial charge in [0.2, 0.25) is 0 Å². The van der Waals surface area contributed by atoms with Gasteiger partial charge >= 0.3 is 0 Å². The van der Waals surface area contributed by atoms with Crippen LogP contribution in [0, 0.1) is 0 Å². The molecule has 0 aliphatic heterocycles. The Morgan fingerprint density at radius 2 is 2.41 bits per heavy atom. The molecule has 92 valence electrons. The minimum atomic E-state index is 0.735. The molecule has 0 unspecified atom stereocenters. The van der Waals surface area contributed by atoms with Crippen LogP contribution in [0.25, 0.3) is 10.8 Å². The maximum absolute atomic E-state index is 5.49. The fourth-order valence-corrected chi connectivity index (χ4v) is 2.39. The summed E-state index contributed by atoms with van der Waals surface area (Å²) < 4.78 is 5.32. The van der Waals surface area contributed by atoms with E-state index in [1.165, 1.54) is 0 Å². The molecule has 0 atom stereocenters. The number of aromatic nitrogens is 1. The van der Waals surface area contributed by atoms with E-state index in [1.54, 1.807) is 17.6 Å². The molecule has 0 aromatic carbocycles. The molecule has 0 bridgehead atoms. The van der Waals surface area contributed by atoms with Gasteiger partial charge in [-0.25, -0.2) is 4.98 Å². The van der Waals surface area contributed by atoms with Crippen LogP contribution < -0.4 is 5.73 Å². The van der Waals surface area contributed by atoms with Crippen LogP contribution in [-0.4, -0.2) is 30.0 Å². The highest BCUT2D eigenvalue weighted by molar-refractivity contribution is 7.13. The molecule has 17 heavy (non-hydrogen) atoms. The molecule has 2 aromatic heterocycles. The molecule has 5 heteroatoms. The SMILES string of the molecule is CN(CCCN)Cc1csc(-c2ccco2)n1. The molecular formula is C12H17N3OS. The summed E-state index contributed by atoms with van der Waals surface area (Å²) in [4.78, 5) is 6.78. The zero-order valence-electron chi connectivity index (χ0n) is 9.93. The van der Waals surface area contributed by atoms with Gasteiger partial charge in [0, 0.05) is 11.9 Å². The third-order valence-corrected chi connectivity index (χ3v) is 3.37. The standard InChI is InChI=1S/C12H17N3OS/c1-15(6-3-5-13)8-10-9-17-12(14-10)11-4-2-7-16-11/h2,4,7,9H,3,5-6,8,13H2,1H3. The van der Waals surface area contributed by atoms with E-state index >= 15 is 0 Å². The summed E-state index contributed by atoms with van der Waals surface area (Å²) in [5.74, 6) is 0.839. The van der Waals surface area contributed by atoms with Gasteiger partial charge < -0.3 is 15.1 Å². The second-order valence-corrected chi connectivity index (χ2v) is 4.86. The second-order valence-electron chi connectivity index (χ2n) is 4.00. The number of rotatable bonds is 6. The molecule has 0 amide bonds. The van der Waals surface area contributed by atoms with Gasteiger partial charge in [-0.1, -0.05) is 0 Å². The average molecular weight is 251 g/mol.